The van der Waals surface area contributed by atoms with E-state index in [0.29, 0.717) is 24.0 Å². The number of thiophene rings is 1. The van der Waals surface area contributed by atoms with Gasteiger partial charge >= 0.3 is 0 Å². The Bertz CT molecular complexity index is 487. The molecule has 5 nitrogen and oxygen atoms in total. The fraction of sp³-hybridized carbons (Fsp3) is 0.600. The van der Waals surface area contributed by atoms with Crippen molar-refractivity contribution in [3.8, 4) is 0 Å². The van der Waals surface area contributed by atoms with Crippen molar-refractivity contribution >= 4 is 23.2 Å². The van der Waals surface area contributed by atoms with Crippen LogP contribution in [0.15, 0.2) is 17.5 Å². The molecule has 1 aromatic rings. The lowest BCUT2D eigenvalue weighted by Crippen LogP contribution is -2.57. The zero-order valence-corrected chi connectivity index (χ0v) is 13.6. The largest absolute Gasteiger partial charge is 0.339 e. The van der Waals surface area contributed by atoms with Crippen molar-refractivity contribution in [1.82, 2.24) is 15.5 Å². The number of piperazine rings is 1. The van der Waals surface area contributed by atoms with Crippen LogP contribution >= 0.6 is 11.3 Å². The molecule has 1 saturated heterocycles. The monoisotopic (exact) mass is 309 g/mol. The molecule has 1 fully saturated rings. The summed E-state index contributed by atoms with van der Waals surface area (Å²) in [5.74, 6) is -0.0879. The van der Waals surface area contributed by atoms with Gasteiger partial charge in [-0.25, -0.2) is 0 Å². The highest BCUT2D eigenvalue weighted by Gasteiger charge is 2.31. The normalized spacial score (nSPS) is 20.4. The van der Waals surface area contributed by atoms with Crippen LogP contribution in [-0.4, -0.2) is 48.4 Å². The van der Waals surface area contributed by atoms with Crippen LogP contribution in [0.3, 0.4) is 0 Å². The lowest BCUT2D eigenvalue weighted by molar-refractivity contribution is -0.135. The van der Waals surface area contributed by atoms with Gasteiger partial charge in [-0.05, 0) is 24.3 Å². The van der Waals surface area contributed by atoms with E-state index in [0.717, 1.165) is 6.54 Å². The molecule has 0 aromatic carbocycles. The Kier molecular flexibility index (Phi) is 5.36. The van der Waals surface area contributed by atoms with Gasteiger partial charge in [-0.2, -0.15) is 0 Å². The topological polar surface area (TPSA) is 61.4 Å². The number of carbonyl (C=O) groups is 2. The van der Waals surface area contributed by atoms with Crippen LogP contribution in [-0.2, 0) is 4.79 Å². The Morgan fingerprint density at radius 2 is 2.24 bits per heavy atom. The summed E-state index contributed by atoms with van der Waals surface area (Å²) in [5, 5.41) is 8.07. The van der Waals surface area contributed by atoms with E-state index in [1.807, 2.05) is 30.2 Å². The first-order valence-corrected chi connectivity index (χ1v) is 8.23. The summed E-state index contributed by atoms with van der Waals surface area (Å²) in [5.41, 5.74) is 0. The molecule has 2 amide bonds. The number of hydrogen-bond donors (Lipinski definition) is 2. The minimum Gasteiger partial charge on any atom is -0.339 e. The van der Waals surface area contributed by atoms with Crippen LogP contribution in [0.4, 0.5) is 0 Å². The predicted octanol–water partition coefficient (Wildman–Crippen LogP) is 1.32. The van der Waals surface area contributed by atoms with Gasteiger partial charge in [0.15, 0.2) is 0 Å². The summed E-state index contributed by atoms with van der Waals surface area (Å²) in [7, 11) is 0. The number of nitrogens with one attached hydrogen (secondary N) is 2. The standard InChI is InChI=1S/C15H23N3O2S/c1-10(2)13(17-14(19)12-5-4-8-21-12)15(20)18-7-6-16-11(3)9-18/h4-5,8,10-11,13,16H,6-7,9H2,1-3H3,(H,17,19). The zero-order chi connectivity index (χ0) is 15.4. The molecule has 1 aliphatic rings. The average molecular weight is 309 g/mol. The zero-order valence-electron chi connectivity index (χ0n) is 12.8. The Hall–Kier alpha value is -1.40. The molecule has 2 heterocycles. The maximum absolute atomic E-state index is 12.7. The second kappa shape index (κ2) is 7.04. The molecule has 2 unspecified atom stereocenters. The molecule has 2 atom stereocenters. The molecule has 21 heavy (non-hydrogen) atoms. The van der Waals surface area contributed by atoms with E-state index in [4.69, 9.17) is 0 Å². The second-order valence-corrected chi connectivity index (χ2v) is 6.76. The number of nitrogens with zero attached hydrogens (tertiary/aromatic N) is 1. The van der Waals surface area contributed by atoms with E-state index in [1.165, 1.54) is 11.3 Å². The Labute approximate surface area is 129 Å². The first-order chi connectivity index (χ1) is 9.99. The van der Waals surface area contributed by atoms with E-state index in [9.17, 15) is 9.59 Å². The number of carbonyl (C=O) groups excluding carboxylic acids is 2. The van der Waals surface area contributed by atoms with Gasteiger partial charge in [0.05, 0.1) is 4.88 Å². The van der Waals surface area contributed by atoms with Crippen LogP contribution < -0.4 is 10.6 Å². The van der Waals surface area contributed by atoms with Crippen LogP contribution in [0.5, 0.6) is 0 Å². The van der Waals surface area contributed by atoms with Crippen molar-refractivity contribution in [1.29, 1.82) is 0 Å². The molecule has 6 heteroatoms. The molecule has 0 spiro atoms. The van der Waals surface area contributed by atoms with Crippen molar-refractivity contribution in [2.75, 3.05) is 19.6 Å². The molecular formula is C15H23N3O2S. The van der Waals surface area contributed by atoms with Crippen LogP contribution in [0, 0.1) is 5.92 Å². The third-order valence-corrected chi connectivity index (χ3v) is 4.51. The molecule has 1 aromatic heterocycles. The van der Waals surface area contributed by atoms with Crippen molar-refractivity contribution in [3.05, 3.63) is 22.4 Å². The Morgan fingerprint density at radius 3 is 2.81 bits per heavy atom. The van der Waals surface area contributed by atoms with Gasteiger partial charge in [0.2, 0.25) is 5.91 Å². The van der Waals surface area contributed by atoms with Crippen molar-refractivity contribution in [2.24, 2.45) is 5.92 Å². The van der Waals surface area contributed by atoms with Gasteiger partial charge in [0.1, 0.15) is 6.04 Å². The molecule has 1 aliphatic heterocycles. The molecule has 0 saturated carbocycles. The van der Waals surface area contributed by atoms with E-state index >= 15 is 0 Å². The minimum absolute atomic E-state index is 0.0169. The van der Waals surface area contributed by atoms with Gasteiger partial charge in [-0.15, -0.1) is 11.3 Å². The molecule has 2 rings (SSSR count). The number of rotatable bonds is 4. The van der Waals surface area contributed by atoms with Crippen molar-refractivity contribution in [2.45, 2.75) is 32.9 Å². The maximum Gasteiger partial charge on any atom is 0.262 e. The van der Waals surface area contributed by atoms with Crippen LogP contribution in [0.25, 0.3) is 0 Å². The lowest BCUT2D eigenvalue weighted by atomic mass is 10.0. The van der Waals surface area contributed by atoms with Gasteiger partial charge < -0.3 is 15.5 Å². The van der Waals surface area contributed by atoms with E-state index in [-0.39, 0.29) is 17.7 Å². The SMILES string of the molecule is CC1CN(C(=O)C(NC(=O)c2cccs2)C(C)C)CCN1. The van der Waals surface area contributed by atoms with Crippen molar-refractivity contribution in [3.63, 3.8) is 0 Å². The third kappa shape index (κ3) is 4.04. The highest BCUT2D eigenvalue weighted by Crippen LogP contribution is 2.12. The van der Waals surface area contributed by atoms with Gasteiger partial charge in [-0.3, -0.25) is 9.59 Å². The molecular weight excluding hydrogens is 286 g/mol. The van der Waals surface area contributed by atoms with E-state index in [1.54, 1.807) is 6.07 Å². The van der Waals surface area contributed by atoms with Gasteiger partial charge in [0, 0.05) is 25.7 Å². The van der Waals surface area contributed by atoms with E-state index < -0.39 is 6.04 Å². The molecule has 0 aliphatic carbocycles. The quantitative estimate of drug-likeness (QED) is 0.882. The Balaban J connectivity index is 2.04. The van der Waals surface area contributed by atoms with Crippen LogP contribution in [0.1, 0.15) is 30.4 Å². The molecule has 0 radical (unpaired) electrons. The highest BCUT2D eigenvalue weighted by atomic mass is 32.1. The lowest BCUT2D eigenvalue weighted by Gasteiger charge is -2.35. The average Bonchev–Trinajstić information content (AvgIpc) is 2.97. The fourth-order valence-corrected chi connectivity index (χ4v) is 3.09. The summed E-state index contributed by atoms with van der Waals surface area (Å²) in [6.45, 7) is 8.18. The highest BCUT2D eigenvalue weighted by molar-refractivity contribution is 7.12. The Morgan fingerprint density at radius 1 is 1.48 bits per heavy atom. The summed E-state index contributed by atoms with van der Waals surface area (Å²) >= 11 is 1.39. The van der Waals surface area contributed by atoms with E-state index in [2.05, 4.69) is 17.6 Å². The molecule has 2 N–H and O–H groups in total. The maximum atomic E-state index is 12.7. The summed E-state index contributed by atoms with van der Waals surface area (Å²) in [6, 6.07) is 3.44. The summed E-state index contributed by atoms with van der Waals surface area (Å²) < 4.78 is 0. The summed E-state index contributed by atoms with van der Waals surface area (Å²) in [4.78, 5) is 27.4. The number of hydrogen-bond acceptors (Lipinski definition) is 4. The second-order valence-electron chi connectivity index (χ2n) is 5.81. The molecule has 116 valence electrons. The number of amides is 2. The first kappa shape index (κ1) is 16.0. The third-order valence-electron chi connectivity index (χ3n) is 3.64. The first-order valence-electron chi connectivity index (χ1n) is 7.35. The fourth-order valence-electron chi connectivity index (χ4n) is 2.46. The van der Waals surface area contributed by atoms with Gasteiger partial charge in [0.25, 0.3) is 5.91 Å². The predicted molar refractivity (Wildman–Crippen MR) is 84.5 cm³/mol. The smallest absolute Gasteiger partial charge is 0.262 e. The van der Waals surface area contributed by atoms with Gasteiger partial charge in [-0.1, -0.05) is 19.9 Å². The van der Waals surface area contributed by atoms with Crippen molar-refractivity contribution < 1.29 is 9.59 Å². The summed E-state index contributed by atoms with van der Waals surface area (Å²) in [6.07, 6.45) is 0. The molecule has 0 bridgehead atoms. The minimum atomic E-state index is -0.468. The van der Waals surface area contributed by atoms with Crippen LogP contribution in [0.2, 0.25) is 0 Å².